The lowest BCUT2D eigenvalue weighted by Gasteiger charge is -2.06. The highest BCUT2D eigenvalue weighted by molar-refractivity contribution is 7.98. The maximum absolute atomic E-state index is 5.82. The number of hydrogen-bond acceptors (Lipinski definition) is 2. The number of benzene rings is 1. The van der Waals surface area contributed by atoms with Crippen molar-refractivity contribution in [2.24, 2.45) is 10.7 Å². The normalized spacial score (nSPS) is 11.6. The number of nitrogens with two attached hydrogens (primary N) is 1. The lowest BCUT2D eigenvalue weighted by molar-refractivity contribution is 0.815. The van der Waals surface area contributed by atoms with Gasteiger partial charge in [0, 0.05) is 12.2 Å². The summed E-state index contributed by atoms with van der Waals surface area (Å²) in [6.45, 7) is 2.94. The van der Waals surface area contributed by atoms with E-state index in [0.29, 0.717) is 5.96 Å². The summed E-state index contributed by atoms with van der Waals surface area (Å²) in [6.07, 6.45) is 5.47. The average Bonchev–Trinajstić information content (AvgIpc) is 2.39. The second-order valence-corrected chi connectivity index (χ2v) is 5.13. The quantitative estimate of drug-likeness (QED) is 0.452. The Labute approximate surface area is 114 Å². The summed E-state index contributed by atoms with van der Waals surface area (Å²) >= 11 is 1.87. The first-order valence-corrected chi connectivity index (χ1v) is 7.80. The van der Waals surface area contributed by atoms with Gasteiger partial charge in [0.25, 0.3) is 0 Å². The summed E-state index contributed by atoms with van der Waals surface area (Å²) in [4.78, 5) is 4.31. The highest BCUT2D eigenvalue weighted by Crippen LogP contribution is 2.09. The van der Waals surface area contributed by atoms with Gasteiger partial charge in [0.2, 0.25) is 0 Å². The van der Waals surface area contributed by atoms with Gasteiger partial charge < -0.3 is 11.1 Å². The molecule has 3 nitrogen and oxygen atoms in total. The van der Waals surface area contributed by atoms with Crippen LogP contribution in [0.4, 0.5) is 5.69 Å². The maximum Gasteiger partial charge on any atom is 0.193 e. The average molecular weight is 265 g/mol. The van der Waals surface area contributed by atoms with Gasteiger partial charge in [-0.15, -0.1) is 0 Å². The SMILES string of the molecule is CCc1ccc(NC(N)=NCCCCSC)cc1. The van der Waals surface area contributed by atoms with Crippen LogP contribution in [0, 0.1) is 0 Å². The van der Waals surface area contributed by atoms with Crippen molar-refractivity contribution >= 4 is 23.4 Å². The molecule has 0 atom stereocenters. The number of anilines is 1. The summed E-state index contributed by atoms with van der Waals surface area (Å²) in [6, 6.07) is 8.28. The first-order chi connectivity index (χ1) is 8.76. The minimum Gasteiger partial charge on any atom is -0.370 e. The van der Waals surface area contributed by atoms with Gasteiger partial charge in [-0.3, -0.25) is 4.99 Å². The Hall–Kier alpha value is -1.16. The molecule has 0 heterocycles. The van der Waals surface area contributed by atoms with Crippen molar-refractivity contribution in [3.05, 3.63) is 29.8 Å². The molecule has 0 spiro atoms. The highest BCUT2D eigenvalue weighted by atomic mass is 32.2. The molecular formula is C14H23N3S. The molecule has 4 heteroatoms. The van der Waals surface area contributed by atoms with Crippen molar-refractivity contribution in [3.8, 4) is 0 Å². The van der Waals surface area contributed by atoms with Crippen LogP contribution >= 0.6 is 11.8 Å². The van der Waals surface area contributed by atoms with Gasteiger partial charge in [0.15, 0.2) is 5.96 Å². The van der Waals surface area contributed by atoms with Crippen molar-refractivity contribution in [2.75, 3.05) is 23.9 Å². The summed E-state index contributed by atoms with van der Waals surface area (Å²) in [5.74, 6) is 1.70. The van der Waals surface area contributed by atoms with Crippen molar-refractivity contribution in [1.82, 2.24) is 0 Å². The molecule has 18 heavy (non-hydrogen) atoms. The van der Waals surface area contributed by atoms with Gasteiger partial charge in [-0.2, -0.15) is 11.8 Å². The molecule has 0 fully saturated rings. The van der Waals surface area contributed by atoms with Crippen molar-refractivity contribution < 1.29 is 0 Å². The fourth-order valence-corrected chi connectivity index (χ4v) is 2.06. The number of aryl methyl sites for hydroxylation is 1. The van der Waals surface area contributed by atoms with Gasteiger partial charge in [0.1, 0.15) is 0 Å². The van der Waals surface area contributed by atoms with Gasteiger partial charge in [-0.1, -0.05) is 19.1 Å². The summed E-state index contributed by atoms with van der Waals surface area (Å²) < 4.78 is 0. The molecule has 0 amide bonds. The zero-order chi connectivity index (χ0) is 13.2. The first kappa shape index (κ1) is 14.9. The second-order valence-electron chi connectivity index (χ2n) is 4.14. The van der Waals surface area contributed by atoms with Gasteiger partial charge in [-0.25, -0.2) is 0 Å². The number of unbranched alkanes of at least 4 members (excludes halogenated alkanes) is 1. The number of nitrogens with one attached hydrogen (secondary N) is 1. The van der Waals surface area contributed by atoms with Crippen LogP contribution in [0.3, 0.4) is 0 Å². The molecule has 0 aliphatic carbocycles. The number of hydrogen-bond donors (Lipinski definition) is 2. The molecule has 0 aromatic heterocycles. The predicted octanol–water partition coefficient (Wildman–Crippen LogP) is 3.12. The van der Waals surface area contributed by atoms with E-state index < -0.39 is 0 Å². The smallest absolute Gasteiger partial charge is 0.193 e. The van der Waals surface area contributed by atoms with E-state index in [1.165, 1.54) is 17.7 Å². The topological polar surface area (TPSA) is 50.4 Å². The molecule has 1 aromatic carbocycles. The Morgan fingerprint density at radius 2 is 2.00 bits per heavy atom. The van der Waals surface area contributed by atoms with Crippen LogP contribution < -0.4 is 11.1 Å². The van der Waals surface area contributed by atoms with Gasteiger partial charge >= 0.3 is 0 Å². The Morgan fingerprint density at radius 1 is 1.28 bits per heavy atom. The largest absolute Gasteiger partial charge is 0.370 e. The Balaban J connectivity index is 2.33. The fourth-order valence-electron chi connectivity index (χ4n) is 1.57. The van der Waals surface area contributed by atoms with E-state index in [1.807, 2.05) is 23.9 Å². The number of thioether (sulfide) groups is 1. The summed E-state index contributed by atoms with van der Waals surface area (Å²) in [5.41, 5.74) is 8.15. The molecule has 0 saturated heterocycles. The standard InChI is InChI=1S/C14H23N3S/c1-3-12-6-8-13(9-7-12)17-14(15)16-10-4-5-11-18-2/h6-9H,3-5,10-11H2,1-2H3,(H3,15,16,17). The molecule has 0 radical (unpaired) electrons. The van der Waals surface area contributed by atoms with Crippen LogP contribution in [0.1, 0.15) is 25.3 Å². The molecule has 3 N–H and O–H groups in total. The van der Waals surface area contributed by atoms with Crippen molar-refractivity contribution in [3.63, 3.8) is 0 Å². The summed E-state index contributed by atoms with van der Waals surface area (Å²) in [7, 11) is 0. The van der Waals surface area contributed by atoms with Crippen LogP contribution in [0.2, 0.25) is 0 Å². The van der Waals surface area contributed by atoms with Crippen LogP contribution in [0.15, 0.2) is 29.3 Å². The van der Waals surface area contributed by atoms with Crippen LogP contribution in [0.25, 0.3) is 0 Å². The second kappa shape index (κ2) is 8.86. The Kier molecular flexibility index (Phi) is 7.34. The molecule has 0 bridgehead atoms. The lowest BCUT2D eigenvalue weighted by atomic mass is 10.1. The number of nitrogens with zero attached hydrogens (tertiary/aromatic N) is 1. The summed E-state index contributed by atoms with van der Waals surface area (Å²) in [5, 5.41) is 3.11. The van der Waals surface area contributed by atoms with E-state index in [0.717, 1.165) is 25.1 Å². The third kappa shape index (κ3) is 5.96. The fraction of sp³-hybridized carbons (Fsp3) is 0.500. The molecule has 0 saturated carbocycles. The zero-order valence-corrected chi connectivity index (χ0v) is 12.1. The molecular weight excluding hydrogens is 242 g/mol. The highest BCUT2D eigenvalue weighted by Gasteiger charge is 1.95. The van der Waals surface area contributed by atoms with Crippen LogP contribution in [0.5, 0.6) is 0 Å². The van der Waals surface area contributed by atoms with E-state index in [-0.39, 0.29) is 0 Å². The van der Waals surface area contributed by atoms with Crippen LogP contribution in [-0.2, 0) is 6.42 Å². The molecule has 1 rings (SSSR count). The molecule has 0 aliphatic heterocycles. The lowest BCUT2D eigenvalue weighted by Crippen LogP contribution is -2.22. The van der Waals surface area contributed by atoms with Crippen LogP contribution in [-0.4, -0.2) is 24.5 Å². The maximum atomic E-state index is 5.82. The molecule has 100 valence electrons. The van der Waals surface area contributed by atoms with Gasteiger partial charge in [-0.05, 0) is 49.0 Å². The third-order valence-electron chi connectivity index (χ3n) is 2.67. The monoisotopic (exact) mass is 265 g/mol. The molecule has 1 aromatic rings. The molecule has 0 unspecified atom stereocenters. The number of rotatable bonds is 7. The minimum atomic E-state index is 0.503. The Bertz CT molecular complexity index is 360. The van der Waals surface area contributed by atoms with Gasteiger partial charge in [0.05, 0.1) is 0 Å². The first-order valence-electron chi connectivity index (χ1n) is 6.41. The van der Waals surface area contributed by atoms with E-state index in [1.54, 1.807) is 0 Å². The minimum absolute atomic E-state index is 0.503. The van der Waals surface area contributed by atoms with E-state index in [4.69, 9.17) is 5.73 Å². The van der Waals surface area contributed by atoms with Crippen molar-refractivity contribution in [1.29, 1.82) is 0 Å². The Morgan fingerprint density at radius 3 is 2.61 bits per heavy atom. The number of guanidine groups is 1. The molecule has 0 aliphatic rings. The van der Waals surface area contributed by atoms with E-state index >= 15 is 0 Å². The predicted molar refractivity (Wildman–Crippen MR) is 83.5 cm³/mol. The van der Waals surface area contributed by atoms with E-state index in [2.05, 4.69) is 35.6 Å². The van der Waals surface area contributed by atoms with Crippen molar-refractivity contribution in [2.45, 2.75) is 26.2 Å². The number of aliphatic imine (C=N–C) groups is 1. The van der Waals surface area contributed by atoms with E-state index in [9.17, 15) is 0 Å². The third-order valence-corrected chi connectivity index (χ3v) is 3.37. The zero-order valence-electron chi connectivity index (χ0n) is 11.3.